The van der Waals surface area contributed by atoms with Crippen molar-refractivity contribution in [1.29, 1.82) is 0 Å². The Bertz CT molecular complexity index is 929. The third kappa shape index (κ3) is 4.55. The Labute approximate surface area is 158 Å². The second kappa shape index (κ2) is 8.07. The lowest BCUT2D eigenvalue weighted by Gasteiger charge is -2.16. The van der Waals surface area contributed by atoms with Gasteiger partial charge in [0, 0.05) is 10.7 Å². The number of hydrogen-bond donors (Lipinski definition) is 2. The van der Waals surface area contributed by atoms with E-state index in [-0.39, 0.29) is 4.90 Å². The molecule has 0 aliphatic heterocycles. The summed E-state index contributed by atoms with van der Waals surface area (Å²) in [5.41, 5.74) is 1.93. The van der Waals surface area contributed by atoms with Gasteiger partial charge < -0.3 is 10.1 Å². The zero-order valence-corrected chi connectivity index (χ0v) is 16.5. The highest BCUT2D eigenvalue weighted by Gasteiger charge is 2.23. The number of carbonyl (C=O) groups excluding carboxylic acids is 1. The highest BCUT2D eigenvalue weighted by molar-refractivity contribution is 7.89. The number of halogens is 1. The number of carbonyl (C=O) groups is 1. The SMILES string of the molecule is COc1ccc(S(=O)(=O)N[C@@H](C)C(=O)Nc2cccc(Cl)c2C)cc1C. The minimum atomic E-state index is -3.86. The zero-order valence-electron chi connectivity index (χ0n) is 15.0. The molecule has 0 fully saturated rings. The lowest BCUT2D eigenvalue weighted by atomic mass is 10.2. The van der Waals surface area contributed by atoms with Crippen LogP contribution in [0.5, 0.6) is 5.75 Å². The first-order valence-electron chi connectivity index (χ1n) is 7.88. The van der Waals surface area contributed by atoms with E-state index in [0.717, 1.165) is 0 Å². The van der Waals surface area contributed by atoms with Gasteiger partial charge >= 0.3 is 0 Å². The van der Waals surface area contributed by atoms with E-state index in [1.807, 2.05) is 0 Å². The highest BCUT2D eigenvalue weighted by atomic mass is 35.5. The van der Waals surface area contributed by atoms with E-state index in [1.165, 1.54) is 26.2 Å². The summed E-state index contributed by atoms with van der Waals surface area (Å²) in [4.78, 5) is 12.4. The van der Waals surface area contributed by atoms with Crippen LogP contribution in [-0.4, -0.2) is 27.5 Å². The van der Waals surface area contributed by atoms with Crippen molar-refractivity contribution in [1.82, 2.24) is 4.72 Å². The monoisotopic (exact) mass is 396 g/mol. The number of hydrogen-bond acceptors (Lipinski definition) is 4. The van der Waals surface area contributed by atoms with E-state index >= 15 is 0 Å². The molecule has 2 N–H and O–H groups in total. The van der Waals surface area contributed by atoms with Gasteiger partial charge in [-0.15, -0.1) is 0 Å². The number of methoxy groups -OCH3 is 1. The van der Waals surface area contributed by atoms with Crippen LogP contribution >= 0.6 is 11.6 Å². The molecule has 140 valence electrons. The Hall–Kier alpha value is -2.09. The molecule has 2 rings (SSSR count). The van der Waals surface area contributed by atoms with Crippen LogP contribution in [0.15, 0.2) is 41.3 Å². The standard InChI is InChI=1S/C18H21ClN2O4S/c1-11-10-14(8-9-17(11)25-4)26(23,24)21-13(3)18(22)20-16-7-5-6-15(19)12(16)2/h5-10,13,21H,1-4H3,(H,20,22)/t13-/m0/s1. The molecule has 26 heavy (non-hydrogen) atoms. The van der Waals surface area contributed by atoms with Gasteiger partial charge in [0.25, 0.3) is 0 Å². The van der Waals surface area contributed by atoms with Gasteiger partial charge in [-0.3, -0.25) is 4.79 Å². The first-order valence-corrected chi connectivity index (χ1v) is 9.74. The fourth-order valence-corrected chi connectivity index (χ4v) is 3.82. The van der Waals surface area contributed by atoms with Gasteiger partial charge in [0.05, 0.1) is 18.0 Å². The van der Waals surface area contributed by atoms with Crippen molar-refractivity contribution >= 4 is 33.2 Å². The Balaban J connectivity index is 2.14. The zero-order chi connectivity index (χ0) is 19.5. The maximum absolute atomic E-state index is 12.5. The summed E-state index contributed by atoms with van der Waals surface area (Å²) in [6.45, 7) is 4.99. The van der Waals surface area contributed by atoms with Gasteiger partial charge in [0.2, 0.25) is 15.9 Å². The minimum Gasteiger partial charge on any atom is -0.496 e. The molecule has 0 aliphatic carbocycles. The van der Waals surface area contributed by atoms with Crippen molar-refractivity contribution in [2.75, 3.05) is 12.4 Å². The van der Waals surface area contributed by atoms with E-state index in [9.17, 15) is 13.2 Å². The molecule has 0 bridgehead atoms. The summed E-state index contributed by atoms with van der Waals surface area (Å²) in [6, 6.07) is 8.65. The van der Waals surface area contributed by atoms with Gasteiger partial charge in [-0.05, 0) is 62.2 Å². The van der Waals surface area contributed by atoms with Crippen molar-refractivity contribution in [2.24, 2.45) is 0 Å². The summed E-state index contributed by atoms with van der Waals surface area (Å²) >= 11 is 6.03. The van der Waals surface area contributed by atoms with E-state index in [0.29, 0.717) is 27.6 Å². The fourth-order valence-electron chi connectivity index (χ4n) is 2.36. The average molecular weight is 397 g/mol. The molecule has 1 amide bonds. The fraction of sp³-hybridized carbons (Fsp3) is 0.278. The molecule has 2 aromatic rings. The molecule has 2 aromatic carbocycles. The number of benzene rings is 2. The van der Waals surface area contributed by atoms with Crippen LogP contribution in [-0.2, 0) is 14.8 Å². The molecule has 0 aromatic heterocycles. The summed E-state index contributed by atoms with van der Waals surface area (Å²) in [6.07, 6.45) is 0. The van der Waals surface area contributed by atoms with Crippen LogP contribution in [0.2, 0.25) is 5.02 Å². The molecule has 0 heterocycles. The second-order valence-corrected chi connectivity index (χ2v) is 8.00. The Morgan fingerprint density at radius 3 is 2.50 bits per heavy atom. The van der Waals surface area contributed by atoms with Crippen LogP contribution in [0.4, 0.5) is 5.69 Å². The van der Waals surface area contributed by atoms with Crippen LogP contribution in [0.25, 0.3) is 0 Å². The maximum Gasteiger partial charge on any atom is 0.242 e. The number of aryl methyl sites for hydroxylation is 1. The summed E-state index contributed by atoms with van der Waals surface area (Å²) in [5, 5.41) is 3.20. The number of rotatable bonds is 6. The van der Waals surface area contributed by atoms with Crippen LogP contribution in [0.3, 0.4) is 0 Å². The molecule has 0 saturated carbocycles. The van der Waals surface area contributed by atoms with Crippen molar-refractivity contribution in [2.45, 2.75) is 31.7 Å². The van der Waals surface area contributed by atoms with Crippen molar-refractivity contribution in [3.05, 3.63) is 52.5 Å². The highest BCUT2D eigenvalue weighted by Crippen LogP contribution is 2.24. The van der Waals surface area contributed by atoms with Gasteiger partial charge in [-0.1, -0.05) is 17.7 Å². The van der Waals surface area contributed by atoms with Crippen molar-refractivity contribution in [3.8, 4) is 5.75 Å². The number of nitrogens with one attached hydrogen (secondary N) is 2. The third-order valence-electron chi connectivity index (χ3n) is 3.93. The normalized spacial score (nSPS) is 12.5. The molecule has 0 spiro atoms. The average Bonchev–Trinajstić information content (AvgIpc) is 2.58. The maximum atomic E-state index is 12.5. The van der Waals surface area contributed by atoms with Crippen molar-refractivity contribution < 1.29 is 17.9 Å². The molecule has 8 heteroatoms. The van der Waals surface area contributed by atoms with Crippen LogP contribution < -0.4 is 14.8 Å². The van der Waals surface area contributed by atoms with E-state index in [1.54, 1.807) is 38.1 Å². The van der Waals surface area contributed by atoms with Gasteiger partial charge in [-0.2, -0.15) is 4.72 Å². The molecule has 6 nitrogen and oxygen atoms in total. The molecule has 1 atom stereocenters. The van der Waals surface area contributed by atoms with E-state index < -0.39 is 22.0 Å². The molecule has 0 radical (unpaired) electrons. The second-order valence-electron chi connectivity index (χ2n) is 5.88. The first kappa shape index (κ1) is 20.2. The lowest BCUT2D eigenvalue weighted by Crippen LogP contribution is -2.41. The minimum absolute atomic E-state index is 0.0642. The number of ether oxygens (including phenoxy) is 1. The predicted octanol–water partition coefficient (Wildman–Crippen LogP) is 3.27. The van der Waals surface area contributed by atoms with E-state index in [2.05, 4.69) is 10.0 Å². The summed E-state index contributed by atoms with van der Waals surface area (Å²) in [7, 11) is -2.34. The number of amides is 1. The molecular weight excluding hydrogens is 376 g/mol. The molecule has 0 saturated heterocycles. The topological polar surface area (TPSA) is 84.5 Å². The third-order valence-corrected chi connectivity index (χ3v) is 5.88. The lowest BCUT2D eigenvalue weighted by molar-refractivity contribution is -0.117. The largest absolute Gasteiger partial charge is 0.496 e. The first-order chi connectivity index (χ1) is 12.2. The van der Waals surface area contributed by atoms with Crippen molar-refractivity contribution in [3.63, 3.8) is 0 Å². The Morgan fingerprint density at radius 2 is 1.88 bits per heavy atom. The molecule has 0 unspecified atom stereocenters. The summed E-state index contributed by atoms with van der Waals surface area (Å²) in [5.74, 6) is 0.107. The molecule has 0 aliphatic rings. The Morgan fingerprint density at radius 1 is 1.19 bits per heavy atom. The van der Waals surface area contributed by atoms with Gasteiger partial charge in [-0.25, -0.2) is 8.42 Å². The number of sulfonamides is 1. The number of anilines is 1. The van der Waals surface area contributed by atoms with Crippen LogP contribution in [0.1, 0.15) is 18.1 Å². The Kier molecular flexibility index (Phi) is 6.28. The quantitative estimate of drug-likeness (QED) is 0.784. The smallest absolute Gasteiger partial charge is 0.242 e. The predicted molar refractivity (Wildman–Crippen MR) is 102 cm³/mol. The van der Waals surface area contributed by atoms with Gasteiger partial charge in [0.1, 0.15) is 5.75 Å². The van der Waals surface area contributed by atoms with Crippen LogP contribution in [0, 0.1) is 13.8 Å². The van der Waals surface area contributed by atoms with Gasteiger partial charge in [0.15, 0.2) is 0 Å². The summed E-state index contributed by atoms with van der Waals surface area (Å²) < 4.78 is 32.5. The van der Waals surface area contributed by atoms with E-state index in [4.69, 9.17) is 16.3 Å². The molecular formula is C18H21ClN2O4S.